The van der Waals surface area contributed by atoms with Gasteiger partial charge in [0.2, 0.25) is 5.95 Å². The van der Waals surface area contributed by atoms with Crippen LogP contribution in [-0.4, -0.2) is 9.97 Å². The van der Waals surface area contributed by atoms with Crippen molar-refractivity contribution >= 4 is 23.2 Å². The topological polar surface area (TPSA) is 57.8 Å². The van der Waals surface area contributed by atoms with Gasteiger partial charge in [-0.15, -0.1) is 0 Å². The van der Waals surface area contributed by atoms with Gasteiger partial charge >= 0.3 is 6.18 Å². The van der Waals surface area contributed by atoms with Gasteiger partial charge in [0.05, 0.1) is 16.3 Å². The number of aromatic nitrogens is 2. The number of benzene rings is 2. The predicted octanol–water partition coefficient (Wildman–Crippen LogP) is 4.85. The first-order chi connectivity index (χ1) is 11.8. The van der Waals surface area contributed by atoms with E-state index in [-0.39, 0.29) is 11.6 Å². The number of rotatable bonds is 3. The maximum Gasteiger partial charge on any atom is 0.417 e. The van der Waals surface area contributed by atoms with Crippen molar-refractivity contribution in [2.45, 2.75) is 6.18 Å². The zero-order valence-corrected chi connectivity index (χ0v) is 13.3. The molecule has 2 aromatic carbocycles. The molecule has 3 rings (SSSR count). The summed E-state index contributed by atoms with van der Waals surface area (Å²) in [5.41, 5.74) is -0.187. The van der Waals surface area contributed by atoms with Gasteiger partial charge in [0.25, 0.3) is 5.56 Å². The number of aromatic amines is 1. The van der Waals surface area contributed by atoms with Crippen LogP contribution in [0.5, 0.6) is 0 Å². The Morgan fingerprint density at radius 3 is 2.44 bits per heavy atom. The molecule has 0 atom stereocenters. The minimum Gasteiger partial charge on any atom is -0.326 e. The summed E-state index contributed by atoms with van der Waals surface area (Å²) >= 11 is 5.59. The fourth-order valence-corrected chi connectivity index (χ4v) is 2.46. The van der Waals surface area contributed by atoms with Crippen molar-refractivity contribution in [3.63, 3.8) is 0 Å². The van der Waals surface area contributed by atoms with Crippen molar-refractivity contribution in [1.82, 2.24) is 9.97 Å². The smallest absolute Gasteiger partial charge is 0.326 e. The van der Waals surface area contributed by atoms with E-state index in [0.29, 0.717) is 11.3 Å². The Morgan fingerprint density at radius 1 is 1.04 bits per heavy atom. The quantitative estimate of drug-likeness (QED) is 0.697. The lowest BCUT2D eigenvalue weighted by atomic mass is 10.1. The average molecular weight is 366 g/mol. The monoisotopic (exact) mass is 365 g/mol. The summed E-state index contributed by atoms with van der Waals surface area (Å²) in [6, 6.07) is 13.6. The van der Waals surface area contributed by atoms with E-state index in [1.165, 1.54) is 12.1 Å². The number of nitrogens with one attached hydrogen (secondary N) is 2. The molecule has 0 unspecified atom stereocenters. The predicted molar refractivity (Wildman–Crippen MR) is 90.0 cm³/mol. The van der Waals surface area contributed by atoms with Crippen LogP contribution in [0.25, 0.3) is 11.3 Å². The second kappa shape index (κ2) is 6.60. The summed E-state index contributed by atoms with van der Waals surface area (Å²) in [6.07, 6.45) is -4.58. The van der Waals surface area contributed by atoms with Crippen molar-refractivity contribution in [3.8, 4) is 11.3 Å². The number of H-pyrrole nitrogens is 1. The molecule has 4 nitrogen and oxygen atoms in total. The number of anilines is 2. The highest BCUT2D eigenvalue weighted by Gasteiger charge is 2.33. The normalized spacial score (nSPS) is 11.4. The third-order valence-electron chi connectivity index (χ3n) is 3.35. The van der Waals surface area contributed by atoms with Crippen LogP contribution in [0, 0.1) is 0 Å². The van der Waals surface area contributed by atoms with Gasteiger partial charge in [0.1, 0.15) is 0 Å². The molecule has 0 bridgehead atoms. The van der Waals surface area contributed by atoms with Gasteiger partial charge in [-0.1, -0.05) is 41.9 Å². The molecule has 0 spiro atoms. The summed E-state index contributed by atoms with van der Waals surface area (Å²) in [5, 5.41) is 2.26. The maximum atomic E-state index is 12.9. The molecule has 1 heterocycles. The number of hydrogen-bond acceptors (Lipinski definition) is 3. The molecule has 3 aromatic rings. The first-order valence-corrected chi connectivity index (χ1v) is 7.51. The average Bonchev–Trinajstić information content (AvgIpc) is 2.56. The van der Waals surface area contributed by atoms with Crippen LogP contribution in [0.2, 0.25) is 5.02 Å². The van der Waals surface area contributed by atoms with E-state index in [1.54, 1.807) is 24.3 Å². The lowest BCUT2D eigenvalue weighted by molar-refractivity contribution is -0.137. The Morgan fingerprint density at radius 2 is 1.76 bits per heavy atom. The van der Waals surface area contributed by atoms with Crippen LogP contribution < -0.4 is 10.9 Å². The van der Waals surface area contributed by atoms with E-state index < -0.39 is 22.3 Å². The molecule has 8 heteroatoms. The zero-order chi connectivity index (χ0) is 18.0. The summed E-state index contributed by atoms with van der Waals surface area (Å²) < 4.78 is 38.8. The molecule has 0 saturated carbocycles. The van der Waals surface area contributed by atoms with Crippen molar-refractivity contribution in [3.05, 3.63) is 75.5 Å². The third-order valence-corrected chi connectivity index (χ3v) is 3.68. The summed E-state index contributed by atoms with van der Waals surface area (Å²) in [5.74, 6) is 0.0294. The summed E-state index contributed by atoms with van der Waals surface area (Å²) in [6.45, 7) is 0. The first-order valence-electron chi connectivity index (χ1n) is 7.13. The van der Waals surface area contributed by atoms with Crippen LogP contribution in [0.1, 0.15) is 5.56 Å². The molecule has 0 aliphatic rings. The minimum atomic E-state index is -4.58. The summed E-state index contributed by atoms with van der Waals surface area (Å²) in [4.78, 5) is 18.5. The molecule has 0 saturated heterocycles. The van der Waals surface area contributed by atoms with Gasteiger partial charge in [0.15, 0.2) is 0 Å². The highest BCUT2D eigenvalue weighted by molar-refractivity contribution is 6.31. The lowest BCUT2D eigenvalue weighted by Crippen LogP contribution is -2.11. The second-order valence-electron chi connectivity index (χ2n) is 5.16. The molecule has 1 aromatic heterocycles. The van der Waals surface area contributed by atoms with Crippen LogP contribution in [-0.2, 0) is 6.18 Å². The number of halogens is 4. The van der Waals surface area contributed by atoms with Crippen molar-refractivity contribution in [2.24, 2.45) is 0 Å². The second-order valence-corrected chi connectivity index (χ2v) is 5.57. The Labute approximate surface area is 145 Å². The number of nitrogens with zero attached hydrogens (tertiary/aromatic N) is 1. The van der Waals surface area contributed by atoms with E-state index in [9.17, 15) is 18.0 Å². The Bertz CT molecular complexity index is 955. The van der Waals surface area contributed by atoms with Gasteiger partial charge in [0, 0.05) is 17.3 Å². The van der Waals surface area contributed by atoms with E-state index >= 15 is 0 Å². The molecular weight excluding hydrogens is 355 g/mol. The van der Waals surface area contributed by atoms with Gasteiger partial charge in [-0.25, -0.2) is 4.98 Å². The van der Waals surface area contributed by atoms with Gasteiger partial charge in [-0.05, 0) is 18.2 Å². The molecule has 2 N–H and O–H groups in total. The highest BCUT2D eigenvalue weighted by Crippen LogP contribution is 2.36. The molecular formula is C17H11ClF3N3O. The van der Waals surface area contributed by atoms with Crippen molar-refractivity contribution in [1.29, 1.82) is 0 Å². The molecule has 0 radical (unpaired) electrons. The van der Waals surface area contributed by atoms with Crippen LogP contribution >= 0.6 is 11.6 Å². The van der Waals surface area contributed by atoms with Gasteiger partial charge in [-0.2, -0.15) is 13.2 Å². The third kappa shape index (κ3) is 4.00. The molecule has 0 amide bonds. The van der Waals surface area contributed by atoms with E-state index in [1.807, 2.05) is 6.07 Å². The fraction of sp³-hybridized carbons (Fsp3) is 0.0588. The molecule has 25 heavy (non-hydrogen) atoms. The lowest BCUT2D eigenvalue weighted by Gasteiger charge is -2.12. The Hall–Kier alpha value is -2.80. The van der Waals surface area contributed by atoms with Crippen molar-refractivity contribution in [2.75, 3.05) is 5.32 Å². The Balaban J connectivity index is 1.97. The number of hydrogen-bond donors (Lipinski definition) is 2. The SMILES string of the molecule is O=c1cc(-c2ccccc2)nc(Nc2ccc(Cl)c(C(F)(F)F)c2)[nH]1. The zero-order valence-electron chi connectivity index (χ0n) is 12.6. The van der Waals surface area contributed by atoms with Crippen LogP contribution in [0.15, 0.2) is 59.4 Å². The Kier molecular flexibility index (Phi) is 4.50. The highest BCUT2D eigenvalue weighted by atomic mass is 35.5. The minimum absolute atomic E-state index is 0.0294. The molecule has 128 valence electrons. The number of alkyl halides is 3. The van der Waals surface area contributed by atoms with E-state index in [4.69, 9.17) is 11.6 Å². The van der Waals surface area contributed by atoms with Gasteiger partial charge in [-0.3, -0.25) is 9.78 Å². The van der Waals surface area contributed by atoms with Crippen LogP contribution in [0.4, 0.5) is 24.8 Å². The maximum absolute atomic E-state index is 12.9. The van der Waals surface area contributed by atoms with E-state index in [0.717, 1.165) is 12.1 Å². The van der Waals surface area contributed by atoms with Crippen molar-refractivity contribution < 1.29 is 13.2 Å². The standard InChI is InChI=1S/C17H11ClF3N3O/c18-13-7-6-11(8-12(13)17(19,20)21)22-16-23-14(9-15(25)24-16)10-4-2-1-3-5-10/h1-9H,(H2,22,23,24,25). The summed E-state index contributed by atoms with van der Waals surface area (Å²) in [7, 11) is 0. The first kappa shape index (κ1) is 17.0. The molecule has 0 aliphatic heterocycles. The van der Waals surface area contributed by atoms with E-state index in [2.05, 4.69) is 15.3 Å². The fourth-order valence-electron chi connectivity index (χ4n) is 2.23. The van der Waals surface area contributed by atoms with Crippen LogP contribution in [0.3, 0.4) is 0 Å². The molecule has 0 aliphatic carbocycles. The van der Waals surface area contributed by atoms with Gasteiger partial charge < -0.3 is 5.32 Å². The molecule has 0 fully saturated rings. The largest absolute Gasteiger partial charge is 0.417 e.